The van der Waals surface area contributed by atoms with Crippen molar-refractivity contribution < 1.29 is 8.42 Å². The standard InChI is InChI=1S/C13H15N3O2S.ClH/c1-8-4-9(5-14)2-3-12(8)19(17,18)16-13-10-6-15-7-11(10)13;/h2-4,10-11,13,15-16H,6-7H2,1H3;1H. The van der Waals surface area contributed by atoms with Crippen LogP contribution in [-0.2, 0) is 10.0 Å². The number of nitrogens with one attached hydrogen (secondary N) is 2. The van der Waals surface area contributed by atoms with Crippen molar-refractivity contribution in [3.05, 3.63) is 29.3 Å². The second-order valence-electron chi connectivity index (χ2n) is 5.23. The Balaban J connectivity index is 0.00000147. The second-order valence-corrected chi connectivity index (χ2v) is 6.91. The third kappa shape index (κ3) is 2.54. The number of nitriles is 1. The van der Waals surface area contributed by atoms with Gasteiger partial charge in [0, 0.05) is 6.04 Å². The fourth-order valence-corrected chi connectivity index (χ4v) is 4.42. The van der Waals surface area contributed by atoms with Gasteiger partial charge in [0.05, 0.1) is 16.5 Å². The van der Waals surface area contributed by atoms with Gasteiger partial charge in [0.1, 0.15) is 0 Å². The van der Waals surface area contributed by atoms with E-state index < -0.39 is 10.0 Å². The monoisotopic (exact) mass is 313 g/mol. The average molecular weight is 314 g/mol. The Morgan fingerprint density at radius 2 is 2.00 bits per heavy atom. The zero-order valence-corrected chi connectivity index (χ0v) is 12.6. The van der Waals surface area contributed by atoms with Crippen LogP contribution < -0.4 is 10.0 Å². The lowest BCUT2D eigenvalue weighted by Gasteiger charge is -2.11. The van der Waals surface area contributed by atoms with E-state index in [1.165, 1.54) is 12.1 Å². The first-order valence-corrected chi connectivity index (χ1v) is 7.75. The first-order chi connectivity index (χ1) is 9.03. The molecule has 2 fully saturated rings. The molecule has 1 saturated carbocycles. The summed E-state index contributed by atoms with van der Waals surface area (Å²) in [6.45, 7) is 3.50. The van der Waals surface area contributed by atoms with E-state index in [9.17, 15) is 8.42 Å². The highest BCUT2D eigenvalue weighted by molar-refractivity contribution is 7.89. The number of piperidine rings is 1. The van der Waals surface area contributed by atoms with Crippen LogP contribution in [0, 0.1) is 30.1 Å². The molecule has 108 valence electrons. The van der Waals surface area contributed by atoms with E-state index in [-0.39, 0.29) is 23.3 Å². The van der Waals surface area contributed by atoms with Crippen LogP contribution in [-0.4, -0.2) is 27.5 Å². The maximum absolute atomic E-state index is 12.3. The Bertz CT molecular complexity index is 659. The predicted molar refractivity (Wildman–Crippen MR) is 77.1 cm³/mol. The first kappa shape index (κ1) is 15.3. The van der Waals surface area contributed by atoms with Crippen LogP contribution in [0.2, 0.25) is 0 Å². The van der Waals surface area contributed by atoms with Crippen molar-refractivity contribution in [2.75, 3.05) is 13.1 Å². The fraction of sp³-hybridized carbons (Fsp3) is 0.462. The SMILES string of the molecule is Cc1cc(C#N)ccc1S(=O)(=O)NC1C2CNCC21.Cl. The van der Waals surface area contributed by atoms with Gasteiger partial charge in [-0.15, -0.1) is 12.4 Å². The highest BCUT2D eigenvalue weighted by Crippen LogP contribution is 2.42. The molecule has 1 aromatic rings. The molecule has 1 heterocycles. The van der Waals surface area contributed by atoms with E-state index in [4.69, 9.17) is 5.26 Å². The molecule has 2 unspecified atom stereocenters. The first-order valence-electron chi connectivity index (χ1n) is 6.27. The van der Waals surface area contributed by atoms with Crippen molar-refractivity contribution in [1.82, 2.24) is 10.0 Å². The molecule has 1 aliphatic carbocycles. The Hall–Kier alpha value is -1.13. The molecule has 0 amide bonds. The number of hydrogen-bond donors (Lipinski definition) is 2. The van der Waals surface area contributed by atoms with E-state index in [0.29, 0.717) is 23.0 Å². The van der Waals surface area contributed by atoms with Gasteiger partial charge in [0.2, 0.25) is 10.0 Å². The van der Waals surface area contributed by atoms with Crippen molar-refractivity contribution in [1.29, 1.82) is 5.26 Å². The maximum Gasteiger partial charge on any atom is 0.241 e. The van der Waals surface area contributed by atoms with Gasteiger partial charge >= 0.3 is 0 Å². The minimum Gasteiger partial charge on any atom is -0.316 e. The van der Waals surface area contributed by atoms with Crippen molar-refractivity contribution in [2.45, 2.75) is 17.9 Å². The molecule has 1 saturated heterocycles. The van der Waals surface area contributed by atoms with Gasteiger partial charge in [-0.05, 0) is 55.6 Å². The molecule has 3 rings (SSSR count). The molecule has 0 spiro atoms. The number of nitrogens with zero attached hydrogens (tertiary/aromatic N) is 1. The third-order valence-corrected chi connectivity index (χ3v) is 5.60. The quantitative estimate of drug-likeness (QED) is 0.864. The summed E-state index contributed by atoms with van der Waals surface area (Å²) < 4.78 is 27.4. The van der Waals surface area contributed by atoms with E-state index in [1.54, 1.807) is 13.0 Å². The normalized spacial score (nSPS) is 27.3. The molecule has 2 N–H and O–H groups in total. The van der Waals surface area contributed by atoms with Gasteiger partial charge in [-0.25, -0.2) is 13.1 Å². The van der Waals surface area contributed by atoms with Crippen molar-refractivity contribution >= 4 is 22.4 Å². The molecule has 7 heteroatoms. The topological polar surface area (TPSA) is 82.0 Å². The lowest BCUT2D eigenvalue weighted by molar-refractivity contribution is 0.564. The summed E-state index contributed by atoms with van der Waals surface area (Å²) in [7, 11) is -3.48. The molecule has 1 aliphatic heterocycles. The number of aryl methyl sites for hydroxylation is 1. The molecule has 0 aromatic heterocycles. The Kier molecular flexibility index (Phi) is 4.07. The van der Waals surface area contributed by atoms with Gasteiger partial charge in [-0.3, -0.25) is 0 Å². The van der Waals surface area contributed by atoms with Gasteiger partial charge in [0.15, 0.2) is 0 Å². The van der Waals surface area contributed by atoms with Crippen LogP contribution in [0.1, 0.15) is 11.1 Å². The Labute approximate surface area is 124 Å². The lowest BCUT2D eigenvalue weighted by atomic mass is 10.2. The molecule has 0 radical (unpaired) electrons. The van der Waals surface area contributed by atoms with Crippen LogP contribution in [0.25, 0.3) is 0 Å². The highest BCUT2D eigenvalue weighted by Gasteiger charge is 2.54. The number of sulfonamides is 1. The number of halogens is 1. The molecular weight excluding hydrogens is 298 g/mol. The number of rotatable bonds is 3. The van der Waals surface area contributed by atoms with E-state index >= 15 is 0 Å². The second kappa shape index (κ2) is 5.34. The van der Waals surface area contributed by atoms with Crippen molar-refractivity contribution in [3.63, 3.8) is 0 Å². The van der Waals surface area contributed by atoms with Crippen LogP contribution in [0.5, 0.6) is 0 Å². The summed E-state index contributed by atoms with van der Waals surface area (Å²) >= 11 is 0. The number of benzene rings is 1. The largest absolute Gasteiger partial charge is 0.316 e. The number of fused-ring (bicyclic) bond motifs is 1. The maximum atomic E-state index is 12.3. The van der Waals surface area contributed by atoms with Crippen LogP contribution >= 0.6 is 12.4 Å². The summed E-state index contributed by atoms with van der Waals surface area (Å²) in [5.41, 5.74) is 1.08. The zero-order valence-electron chi connectivity index (χ0n) is 11.0. The van der Waals surface area contributed by atoms with Crippen LogP contribution in [0.3, 0.4) is 0 Å². The lowest BCUT2D eigenvalue weighted by Crippen LogP contribution is -2.32. The summed E-state index contributed by atoms with van der Waals surface area (Å²) in [6, 6.07) is 6.73. The van der Waals surface area contributed by atoms with Crippen molar-refractivity contribution in [3.8, 4) is 6.07 Å². The van der Waals surface area contributed by atoms with Crippen molar-refractivity contribution in [2.24, 2.45) is 11.8 Å². The molecule has 0 bridgehead atoms. The predicted octanol–water partition coefficient (Wildman–Crippen LogP) is 0.785. The summed E-state index contributed by atoms with van der Waals surface area (Å²) in [4.78, 5) is 0.268. The summed E-state index contributed by atoms with van der Waals surface area (Å²) in [6.07, 6.45) is 0. The van der Waals surface area contributed by atoms with E-state index in [0.717, 1.165) is 13.1 Å². The van der Waals surface area contributed by atoms with Crippen LogP contribution in [0.15, 0.2) is 23.1 Å². The van der Waals surface area contributed by atoms with E-state index in [2.05, 4.69) is 10.0 Å². The number of hydrogen-bond acceptors (Lipinski definition) is 4. The van der Waals surface area contributed by atoms with Gasteiger partial charge in [-0.2, -0.15) is 5.26 Å². The Morgan fingerprint density at radius 3 is 2.55 bits per heavy atom. The van der Waals surface area contributed by atoms with Gasteiger partial charge in [0.25, 0.3) is 0 Å². The molecule has 1 aromatic carbocycles. The van der Waals surface area contributed by atoms with Crippen LogP contribution in [0.4, 0.5) is 0 Å². The molecular formula is C13H16ClN3O2S. The average Bonchev–Trinajstić information content (AvgIpc) is 2.81. The highest BCUT2D eigenvalue weighted by atomic mass is 35.5. The Morgan fingerprint density at radius 1 is 1.35 bits per heavy atom. The zero-order chi connectivity index (χ0) is 13.6. The summed E-state index contributed by atoms with van der Waals surface area (Å²) in [5.74, 6) is 0.877. The minimum atomic E-state index is -3.48. The van der Waals surface area contributed by atoms with Gasteiger partial charge < -0.3 is 5.32 Å². The third-order valence-electron chi connectivity index (χ3n) is 3.98. The summed E-state index contributed by atoms with van der Waals surface area (Å²) in [5, 5.41) is 12.0. The minimum absolute atomic E-state index is 0. The van der Waals surface area contributed by atoms with Gasteiger partial charge in [-0.1, -0.05) is 0 Å². The fourth-order valence-electron chi connectivity index (χ4n) is 2.86. The molecule has 2 atom stereocenters. The van der Waals surface area contributed by atoms with E-state index in [1.807, 2.05) is 6.07 Å². The molecule has 20 heavy (non-hydrogen) atoms. The molecule has 5 nitrogen and oxygen atoms in total. The smallest absolute Gasteiger partial charge is 0.241 e. The molecule has 2 aliphatic rings.